The largest absolute Gasteiger partial charge is 0.473 e. The summed E-state index contributed by atoms with van der Waals surface area (Å²) in [5.74, 6) is 0.390. The Morgan fingerprint density at radius 2 is 2.00 bits per heavy atom. The minimum Gasteiger partial charge on any atom is -0.473 e. The third-order valence-corrected chi connectivity index (χ3v) is 1.36. The van der Waals surface area contributed by atoms with Gasteiger partial charge >= 0.3 is 0 Å². The van der Waals surface area contributed by atoms with Crippen LogP contribution in [0.5, 0.6) is 5.88 Å². The molecule has 1 aromatic rings. The fourth-order valence-electron chi connectivity index (χ4n) is 0.831. The molecular weight excluding hydrogens is 188 g/mol. The van der Waals surface area contributed by atoms with Gasteiger partial charge < -0.3 is 9.72 Å². The van der Waals surface area contributed by atoms with E-state index in [0.717, 1.165) is 0 Å². The van der Waals surface area contributed by atoms with E-state index in [2.05, 4.69) is 9.97 Å². The minimum atomic E-state index is -0.341. The van der Waals surface area contributed by atoms with Crippen LogP contribution in [-0.2, 0) is 0 Å². The standard InChI is InChI=1S/C8H12N2O2S/c1-8(2,3)12-6-4-5(11)9-7(13)10-6/h4H,1-3H3,(H2,9,10,11,13). The van der Waals surface area contributed by atoms with Crippen LogP contribution in [0.15, 0.2) is 10.9 Å². The Morgan fingerprint density at radius 3 is 2.46 bits per heavy atom. The maximum absolute atomic E-state index is 11.0. The maximum Gasteiger partial charge on any atom is 0.255 e. The van der Waals surface area contributed by atoms with Crippen molar-refractivity contribution in [2.24, 2.45) is 0 Å². The Hall–Kier alpha value is -1.10. The van der Waals surface area contributed by atoms with E-state index in [9.17, 15) is 4.79 Å². The second-order valence-electron chi connectivity index (χ2n) is 3.67. The molecule has 1 heterocycles. The van der Waals surface area contributed by atoms with Crippen LogP contribution in [0.3, 0.4) is 0 Å². The summed E-state index contributed by atoms with van der Waals surface area (Å²) in [6.45, 7) is 5.68. The first kappa shape index (κ1) is 9.98. The molecule has 1 rings (SSSR count). The van der Waals surface area contributed by atoms with Crippen LogP contribution >= 0.6 is 12.2 Å². The average molecular weight is 200 g/mol. The van der Waals surface area contributed by atoms with E-state index in [0.29, 0.717) is 5.88 Å². The summed E-state index contributed by atoms with van der Waals surface area (Å²) in [4.78, 5) is 16.1. The van der Waals surface area contributed by atoms with E-state index >= 15 is 0 Å². The lowest BCUT2D eigenvalue weighted by molar-refractivity contribution is 0.123. The van der Waals surface area contributed by atoms with Crippen LogP contribution in [0, 0.1) is 4.77 Å². The molecular formula is C8H12N2O2S. The van der Waals surface area contributed by atoms with Gasteiger partial charge in [0.05, 0.1) is 6.07 Å². The summed E-state index contributed by atoms with van der Waals surface area (Å²) in [6.07, 6.45) is 0. The van der Waals surface area contributed by atoms with E-state index in [1.54, 1.807) is 0 Å². The molecule has 0 amide bonds. The summed E-state index contributed by atoms with van der Waals surface area (Å²) in [7, 11) is 0. The number of ether oxygens (including phenoxy) is 1. The van der Waals surface area contributed by atoms with Gasteiger partial charge in [-0.2, -0.15) is 0 Å². The highest BCUT2D eigenvalue weighted by molar-refractivity contribution is 7.71. The second-order valence-corrected chi connectivity index (χ2v) is 4.07. The lowest BCUT2D eigenvalue weighted by Gasteiger charge is -2.20. The van der Waals surface area contributed by atoms with Crippen molar-refractivity contribution in [1.82, 2.24) is 9.97 Å². The van der Waals surface area contributed by atoms with Gasteiger partial charge in [0.25, 0.3) is 5.56 Å². The number of hydrogen-bond donors (Lipinski definition) is 2. The monoisotopic (exact) mass is 200 g/mol. The highest BCUT2D eigenvalue weighted by Gasteiger charge is 2.12. The zero-order valence-electron chi connectivity index (χ0n) is 7.80. The summed E-state index contributed by atoms with van der Waals surface area (Å²) in [5.41, 5.74) is -0.602. The van der Waals surface area contributed by atoms with Gasteiger partial charge in [-0.1, -0.05) is 0 Å². The molecule has 72 valence electrons. The summed E-state index contributed by atoms with van der Waals surface area (Å²) in [5, 5.41) is 0. The lowest BCUT2D eigenvalue weighted by Crippen LogP contribution is -2.24. The number of H-pyrrole nitrogens is 2. The molecule has 0 aromatic carbocycles. The van der Waals surface area contributed by atoms with E-state index < -0.39 is 0 Å². The van der Waals surface area contributed by atoms with Crippen molar-refractivity contribution < 1.29 is 4.74 Å². The van der Waals surface area contributed by atoms with Crippen molar-refractivity contribution in [3.05, 3.63) is 21.2 Å². The highest BCUT2D eigenvalue weighted by atomic mass is 32.1. The zero-order valence-corrected chi connectivity index (χ0v) is 8.62. The molecule has 4 nitrogen and oxygen atoms in total. The number of rotatable bonds is 1. The van der Waals surface area contributed by atoms with Gasteiger partial charge in [-0.05, 0) is 33.0 Å². The van der Waals surface area contributed by atoms with Crippen molar-refractivity contribution in [2.45, 2.75) is 26.4 Å². The normalized spacial score (nSPS) is 11.3. The predicted octanol–water partition coefficient (Wildman–Crippen LogP) is 1.61. The molecule has 0 spiro atoms. The minimum absolute atomic E-state index is 0.261. The zero-order chi connectivity index (χ0) is 10.1. The van der Waals surface area contributed by atoms with Crippen molar-refractivity contribution in [3.63, 3.8) is 0 Å². The van der Waals surface area contributed by atoms with E-state index in [4.69, 9.17) is 17.0 Å². The second kappa shape index (κ2) is 3.33. The van der Waals surface area contributed by atoms with Gasteiger partial charge in [-0.3, -0.25) is 9.78 Å². The van der Waals surface area contributed by atoms with Crippen LogP contribution in [0.4, 0.5) is 0 Å². The van der Waals surface area contributed by atoms with Crippen molar-refractivity contribution in [2.75, 3.05) is 0 Å². The van der Waals surface area contributed by atoms with Crippen molar-refractivity contribution in [1.29, 1.82) is 0 Å². The van der Waals surface area contributed by atoms with Gasteiger partial charge in [0.15, 0.2) is 10.7 Å². The fourth-order valence-corrected chi connectivity index (χ4v) is 1.03. The molecule has 0 saturated carbocycles. The van der Waals surface area contributed by atoms with E-state index in [-0.39, 0.29) is 15.9 Å². The number of hydrogen-bond acceptors (Lipinski definition) is 3. The Morgan fingerprint density at radius 1 is 1.38 bits per heavy atom. The smallest absolute Gasteiger partial charge is 0.255 e. The molecule has 0 aliphatic rings. The number of nitrogens with one attached hydrogen (secondary N) is 2. The first-order valence-corrected chi connectivity index (χ1v) is 4.30. The van der Waals surface area contributed by atoms with Crippen molar-refractivity contribution in [3.8, 4) is 5.88 Å². The first-order chi connectivity index (χ1) is 5.87. The van der Waals surface area contributed by atoms with E-state index in [1.165, 1.54) is 6.07 Å². The van der Waals surface area contributed by atoms with Crippen molar-refractivity contribution >= 4 is 12.2 Å². The summed E-state index contributed by atoms with van der Waals surface area (Å²) in [6, 6.07) is 1.33. The average Bonchev–Trinajstić information content (AvgIpc) is 1.78. The quantitative estimate of drug-likeness (QED) is 0.677. The third-order valence-electron chi connectivity index (χ3n) is 1.15. The Labute approximate surface area is 81.0 Å². The van der Waals surface area contributed by atoms with Crippen LogP contribution in [-0.4, -0.2) is 15.6 Å². The van der Waals surface area contributed by atoms with Gasteiger partial charge in [-0.25, -0.2) is 0 Å². The van der Waals surface area contributed by atoms with Crippen LogP contribution in [0.2, 0.25) is 0 Å². The number of aromatic nitrogens is 2. The Kier molecular flexibility index (Phi) is 2.56. The first-order valence-electron chi connectivity index (χ1n) is 3.89. The molecule has 5 heteroatoms. The molecule has 0 atom stereocenters. The molecule has 0 aliphatic heterocycles. The molecule has 0 fully saturated rings. The van der Waals surface area contributed by atoms with E-state index in [1.807, 2.05) is 20.8 Å². The number of aromatic amines is 2. The topological polar surface area (TPSA) is 57.9 Å². The SMILES string of the molecule is CC(C)(C)Oc1cc(=O)[nH]c(=S)[nH]1. The molecule has 13 heavy (non-hydrogen) atoms. The van der Waals surface area contributed by atoms with Gasteiger partial charge in [-0.15, -0.1) is 0 Å². The molecule has 0 radical (unpaired) electrons. The van der Waals surface area contributed by atoms with Gasteiger partial charge in [0.1, 0.15) is 5.60 Å². The fraction of sp³-hybridized carbons (Fsp3) is 0.500. The summed E-state index contributed by atoms with van der Waals surface area (Å²) >= 11 is 4.79. The lowest BCUT2D eigenvalue weighted by atomic mass is 10.2. The Balaban J connectivity index is 3.03. The molecule has 0 saturated heterocycles. The van der Waals surface area contributed by atoms with Gasteiger partial charge in [0.2, 0.25) is 0 Å². The third kappa shape index (κ3) is 3.42. The van der Waals surface area contributed by atoms with Gasteiger partial charge in [0, 0.05) is 0 Å². The molecule has 0 unspecified atom stereocenters. The summed E-state index contributed by atoms with van der Waals surface area (Å²) < 4.78 is 5.69. The van der Waals surface area contributed by atoms with Crippen LogP contribution in [0.1, 0.15) is 20.8 Å². The Bertz CT molecular complexity index is 371. The van der Waals surface area contributed by atoms with Crippen LogP contribution in [0.25, 0.3) is 0 Å². The molecule has 2 N–H and O–H groups in total. The molecule has 0 bridgehead atoms. The predicted molar refractivity (Wildman–Crippen MR) is 52.6 cm³/mol. The molecule has 1 aromatic heterocycles. The maximum atomic E-state index is 11.0. The highest BCUT2D eigenvalue weighted by Crippen LogP contribution is 2.11. The molecule has 0 aliphatic carbocycles. The van der Waals surface area contributed by atoms with Crippen LogP contribution < -0.4 is 10.3 Å².